The van der Waals surface area contributed by atoms with Crippen LogP contribution in [0.3, 0.4) is 0 Å². The van der Waals surface area contributed by atoms with Crippen LogP contribution in [0.1, 0.15) is 26.7 Å². The molecule has 0 aliphatic heterocycles. The molecule has 0 aliphatic carbocycles. The fraction of sp³-hybridized carbons (Fsp3) is 1.00. The predicted molar refractivity (Wildman–Crippen MR) is 44.8 cm³/mol. The lowest BCUT2D eigenvalue weighted by molar-refractivity contribution is 0.225. The van der Waals surface area contributed by atoms with Crippen LogP contribution in [0.2, 0.25) is 0 Å². The van der Waals surface area contributed by atoms with Gasteiger partial charge in [-0.25, -0.2) is 0 Å². The molecule has 0 radical (unpaired) electrons. The van der Waals surface area contributed by atoms with Crippen LogP contribution in [0.15, 0.2) is 0 Å². The molecule has 11 heavy (non-hydrogen) atoms. The van der Waals surface area contributed by atoms with E-state index in [0.717, 1.165) is 6.42 Å². The zero-order valence-electron chi connectivity index (χ0n) is 6.95. The van der Waals surface area contributed by atoms with Crippen LogP contribution in [-0.4, -0.2) is 21.9 Å². The van der Waals surface area contributed by atoms with Crippen LogP contribution in [0, 0.1) is 0 Å². The Morgan fingerprint density at radius 2 is 2.09 bits per heavy atom. The Bertz CT molecular complexity index is 108. The average molecular weight is 181 g/mol. The molecule has 4 N–H and O–H groups in total. The second-order valence-electron chi connectivity index (χ2n) is 2.84. The fourth-order valence-corrected chi connectivity index (χ4v) is 0.792. The van der Waals surface area contributed by atoms with E-state index < -0.39 is 8.60 Å². The number of rotatable bonds is 5. The lowest BCUT2D eigenvalue weighted by Crippen LogP contribution is -2.36. The van der Waals surface area contributed by atoms with Gasteiger partial charge in [-0.15, -0.1) is 0 Å². The smallest absolute Gasteiger partial charge is 0.327 e. The highest BCUT2D eigenvalue weighted by atomic mass is 31.2. The van der Waals surface area contributed by atoms with Gasteiger partial charge in [0, 0.05) is 5.54 Å². The van der Waals surface area contributed by atoms with Gasteiger partial charge in [0.15, 0.2) is 0 Å². The molecule has 0 spiro atoms. The van der Waals surface area contributed by atoms with Gasteiger partial charge in [-0.2, -0.15) is 0 Å². The van der Waals surface area contributed by atoms with Gasteiger partial charge in [0.1, 0.15) is 0 Å². The normalized spacial score (nSPS) is 16.9. The van der Waals surface area contributed by atoms with Crippen molar-refractivity contribution in [2.45, 2.75) is 32.2 Å². The first kappa shape index (κ1) is 11.3. The van der Waals surface area contributed by atoms with Crippen molar-refractivity contribution < 1.29 is 14.3 Å². The third-order valence-corrected chi connectivity index (χ3v) is 2.10. The summed E-state index contributed by atoms with van der Waals surface area (Å²) in [6.07, 6.45) is 1.49. The van der Waals surface area contributed by atoms with Gasteiger partial charge in [-0.3, -0.25) is 0 Å². The first-order valence-electron chi connectivity index (χ1n) is 3.57. The van der Waals surface area contributed by atoms with Crippen LogP contribution < -0.4 is 5.73 Å². The maximum Gasteiger partial charge on any atom is 0.327 e. The highest BCUT2D eigenvalue weighted by molar-refractivity contribution is 7.39. The Kier molecular flexibility index (Phi) is 5.13. The molecule has 5 heteroatoms. The molecule has 1 atom stereocenters. The van der Waals surface area contributed by atoms with Crippen molar-refractivity contribution in [2.24, 2.45) is 5.73 Å². The minimum atomic E-state index is -2.21. The Balaban J connectivity index is 3.38. The van der Waals surface area contributed by atoms with Crippen molar-refractivity contribution in [3.63, 3.8) is 0 Å². The quantitative estimate of drug-likeness (QED) is 0.546. The van der Waals surface area contributed by atoms with E-state index in [4.69, 9.17) is 15.5 Å². The molecule has 0 aliphatic rings. The second kappa shape index (κ2) is 5.01. The molecule has 0 aromatic rings. The molecule has 68 valence electrons. The Hall–Kier alpha value is 0.270. The fourth-order valence-electron chi connectivity index (χ4n) is 0.537. The molecule has 0 bridgehead atoms. The maximum absolute atomic E-state index is 8.38. The molecule has 0 amide bonds. The lowest BCUT2D eigenvalue weighted by Gasteiger charge is -2.21. The summed E-state index contributed by atoms with van der Waals surface area (Å²) in [6.45, 7) is 4.20. The van der Waals surface area contributed by atoms with E-state index in [2.05, 4.69) is 4.52 Å². The van der Waals surface area contributed by atoms with Gasteiger partial charge in [0.2, 0.25) is 0 Å². The van der Waals surface area contributed by atoms with Gasteiger partial charge in [0.25, 0.3) is 0 Å². The second-order valence-corrected chi connectivity index (χ2v) is 3.61. The van der Waals surface area contributed by atoms with Crippen molar-refractivity contribution in [3.8, 4) is 0 Å². The summed E-state index contributed by atoms with van der Waals surface area (Å²) in [5.41, 5.74) is 5.51. The van der Waals surface area contributed by atoms with Crippen molar-refractivity contribution in [2.75, 3.05) is 6.61 Å². The summed E-state index contributed by atoms with van der Waals surface area (Å²) in [4.78, 5) is 16.8. The molecule has 0 rings (SSSR count). The Morgan fingerprint density at radius 3 is 2.45 bits per heavy atom. The van der Waals surface area contributed by atoms with Crippen molar-refractivity contribution in [3.05, 3.63) is 0 Å². The minimum absolute atomic E-state index is 0.259. The van der Waals surface area contributed by atoms with Crippen LogP contribution in [0.5, 0.6) is 0 Å². The summed E-state index contributed by atoms with van der Waals surface area (Å²) in [7, 11) is -2.21. The molecule has 0 saturated carbocycles. The molecule has 0 aromatic carbocycles. The van der Waals surface area contributed by atoms with E-state index in [1.54, 1.807) is 0 Å². The highest BCUT2D eigenvalue weighted by Gasteiger charge is 2.15. The maximum atomic E-state index is 8.38. The Morgan fingerprint density at radius 1 is 1.55 bits per heavy atom. The molecule has 4 nitrogen and oxygen atoms in total. The van der Waals surface area contributed by atoms with E-state index in [0.29, 0.717) is 13.0 Å². The molecule has 1 unspecified atom stereocenters. The summed E-state index contributed by atoms with van der Waals surface area (Å²) in [6, 6.07) is 0. The van der Waals surface area contributed by atoms with E-state index in [9.17, 15) is 0 Å². The SMILES string of the molecule is CCC(C)(N)CCOP(O)O. The molecule has 0 saturated heterocycles. The third kappa shape index (κ3) is 6.66. The van der Waals surface area contributed by atoms with E-state index in [-0.39, 0.29) is 5.54 Å². The summed E-state index contributed by atoms with van der Waals surface area (Å²) in [5.74, 6) is 0. The molecule has 0 aromatic heterocycles. The van der Waals surface area contributed by atoms with E-state index >= 15 is 0 Å². The summed E-state index contributed by atoms with van der Waals surface area (Å²) >= 11 is 0. The Labute approximate surface area is 68.4 Å². The van der Waals surface area contributed by atoms with Crippen molar-refractivity contribution in [1.29, 1.82) is 0 Å². The first-order valence-corrected chi connectivity index (χ1v) is 4.74. The van der Waals surface area contributed by atoms with Gasteiger partial charge >= 0.3 is 8.60 Å². The van der Waals surface area contributed by atoms with Gasteiger partial charge in [-0.1, -0.05) is 6.92 Å². The summed E-state index contributed by atoms with van der Waals surface area (Å²) in [5, 5.41) is 0. The number of hydrogen-bond acceptors (Lipinski definition) is 4. The minimum Gasteiger partial charge on any atom is -0.328 e. The third-order valence-electron chi connectivity index (χ3n) is 1.69. The van der Waals surface area contributed by atoms with Crippen LogP contribution in [0.25, 0.3) is 0 Å². The summed E-state index contributed by atoms with van der Waals surface area (Å²) < 4.78 is 4.58. The van der Waals surface area contributed by atoms with Gasteiger partial charge in [-0.05, 0) is 19.8 Å². The van der Waals surface area contributed by atoms with Crippen LogP contribution in [0.4, 0.5) is 0 Å². The number of nitrogens with two attached hydrogens (primary N) is 1. The van der Waals surface area contributed by atoms with Crippen LogP contribution in [-0.2, 0) is 4.52 Å². The topological polar surface area (TPSA) is 75.7 Å². The molecule has 0 heterocycles. The van der Waals surface area contributed by atoms with Gasteiger partial charge in [0.05, 0.1) is 6.61 Å². The molecular weight excluding hydrogens is 165 g/mol. The van der Waals surface area contributed by atoms with Crippen molar-refractivity contribution in [1.82, 2.24) is 0 Å². The average Bonchev–Trinajstić information content (AvgIpc) is 1.87. The zero-order valence-corrected chi connectivity index (χ0v) is 7.84. The highest BCUT2D eigenvalue weighted by Crippen LogP contribution is 2.25. The van der Waals surface area contributed by atoms with Crippen molar-refractivity contribution >= 4 is 8.60 Å². The monoisotopic (exact) mass is 181 g/mol. The standard InChI is InChI=1S/C6H16NO3P/c1-3-6(2,7)4-5-10-11(8)9/h8-9H,3-5,7H2,1-2H3. The largest absolute Gasteiger partial charge is 0.328 e. The van der Waals surface area contributed by atoms with Gasteiger partial charge < -0.3 is 20.0 Å². The van der Waals surface area contributed by atoms with E-state index in [1.165, 1.54) is 0 Å². The predicted octanol–water partition coefficient (Wildman–Crippen LogP) is 0.732. The van der Waals surface area contributed by atoms with E-state index in [1.807, 2.05) is 13.8 Å². The zero-order chi connectivity index (χ0) is 8.91. The number of hydrogen-bond donors (Lipinski definition) is 3. The first-order chi connectivity index (χ1) is 4.98. The molecule has 0 fully saturated rings. The molecular formula is C6H16NO3P. The lowest BCUT2D eigenvalue weighted by atomic mass is 9.97. The van der Waals surface area contributed by atoms with Crippen LogP contribution >= 0.6 is 8.60 Å².